The molecule has 0 unspecified atom stereocenters. The van der Waals surface area contributed by atoms with Crippen molar-refractivity contribution in [3.8, 4) is 0 Å². The summed E-state index contributed by atoms with van der Waals surface area (Å²) in [6.07, 6.45) is 1.30. The Morgan fingerprint density at radius 1 is 1.50 bits per heavy atom. The zero-order valence-corrected chi connectivity index (χ0v) is 11.9. The number of pyridine rings is 1. The number of nitrogens with two attached hydrogens (primary N) is 1. The summed E-state index contributed by atoms with van der Waals surface area (Å²) in [5, 5.41) is 4.42. The lowest BCUT2D eigenvalue weighted by Gasteiger charge is -2.07. The van der Waals surface area contributed by atoms with E-state index in [2.05, 4.69) is 15.0 Å². The SMILES string of the molecule is COC(=O)c1sccc1NC(=O)c1cc(Cl)ncc1N. The van der Waals surface area contributed by atoms with Gasteiger partial charge in [-0.2, -0.15) is 0 Å². The van der Waals surface area contributed by atoms with Gasteiger partial charge in [-0.3, -0.25) is 4.79 Å². The highest BCUT2D eigenvalue weighted by atomic mass is 35.5. The standard InChI is InChI=1S/C12H10ClN3O3S/c1-19-12(18)10-8(2-3-20-10)16-11(17)6-4-9(13)15-5-7(6)14/h2-5H,14H2,1H3,(H,16,17). The number of anilines is 2. The van der Waals surface area contributed by atoms with Crippen LogP contribution in [0.1, 0.15) is 20.0 Å². The third-order valence-corrected chi connectivity index (χ3v) is 3.53. The molecule has 0 aliphatic carbocycles. The van der Waals surface area contributed by atoms with Gasteiger partial charge in [0.1, 0.15) is 10.0 Å². The number of thiophene rings is 1. The number of rotatable bonds is 3. The molecule has 0 spiro atoms. The molecule has 0 aliphatic heterocycles. The van der Waals surface area contributed by atoms with E-state index in [1.54, 1.807) is 11.4 Å². The minimum atomic E-state index is -0.518. The maximum atomic E-state index is 12.1. The van der Waals surface area contributed by atoms with Crippen LogP contribution in [0.4, 0.5) is 11.4 Å². The van der Waals surface area contributed by atoms with Gasteiger partial charge in [0.2, 0.25) is 0 Å². The van der Waals surface area contributed by atoms with Crippen LogP contribution >= 0.6 is 22.9 Å². The summed E-state index contributed by atoms with van der Waals surface area (Å²) >= 11 is 6.90. The molecule has 0 bridgehead atoms. The van der Waals surface area contributed by atoms with Gasteiger partial charge in [0.15, 0.2) is 0 Å². The van der Waals surface area contributed by atoms with Crippen LogP contribution in [0.5, 0.6) is 0 Å². The number of carbonyl (C=O) groups is 2. The summed E-state index contributed by atoms with van der Waals surface area (Å²) in [6.45, 7) is 0. The number of nitrogens with zero attached hydrogens (tertiary/aromatic N) is 1. The molecule has 2 aromatic rings. The fraction of sp³-hybridized carbons (Fsp3) is 0.0833. The molecule has 0 fully saturated rings. The van der Waals surface area contributed by atoms with Crippen LogP contribution in [0.3, 0.4) is 0 Å². The summed E-state index contributed by atoms with van der Waals surface area (Å²) < 4.78 is 4.63. The monoisotopic (exact) mass is 311 g/mol. The number of carbonyl (C=O) groups excluding carboxylic acids is 2. The molecule has 20 heavy (non-hydrogen) atoms. The van der Waals surface area contributed by atoms with E-state index in [0.717, 1.165) is 0 Å². The van der Waals surface area contributed by atoms with Gasteiger partial charge in [-0.15, -0.1) is 11.3 Å². The zero-order chi connectivity index (χ0) is 14.7. The minimum absolute atomic E-state index is 0.155. The molecule has 0 aliphatic rings. The molecule has 2 rings (SSSR count). The summed E-state index contributed by atoms with van der Waals surface area (Å²) in [7, 11) is 1.27. The molecule has 0 saturated carbocycles. The Labute approximate surface area is 123 Å². The first-order chi connectivity index (χ1) is 9.52. The molecule has 0 aromatic carbocycles. The van der Waals surface area contributed by atoms with Crippen LogP contribution in [0, 0.1) is 0 Å². The van der Waals surface area contributed by atoms with E-state index in [0.29, 0.717) is 10.6 Å². The van der Waals surface area contributed by atoms with Crippen LogP contribution < -0.4 is 11.1 Å². The van der Waals surface area contributed by atoms with E-state index in [-0.39, 0.29) is 16.4 Å². The Morgan fingerprint density at radius 2 is 2.25 bits per heavy atom. The number of methoxy groups -OCH3 is 1. The Kier molecular flexibility index (Phi) is 4.21. The van der Waals surface area contributed by atoms with Gasteiger partial charge < -0.3 is 15.8 Å². The largest absolute Gasteiger partial charge is 0.465 e. The molecule has 0 saturated heterocycles. The number of hydrogen-bond donors (Lipinski definition) is 2. The van der Waals surface area contributed by atoms with Crippen molar-refractivity contribution in [2.24, 2.45) is 0 Å². The maximum absolute atomic E-state index is 12.1. The first-order valence-electron chi connectivity index (χ1n) is 5.41. The van der Waals surface area contributed by atoms with Gasteiger partial charge in [0.05, 0.1) is 30.2 Å². The quantitative estimate of drug-likeness (QED) is 0.670. The van der Waals surface area contributed by atoms with Gasteiger partial charge in [-0.25, -0.2) is 9.78 Å². The van der Waals surface area contributed by atoms with E-state index >= 15 is 0 Å². The second kappa shape index (κ2) is 5.89. The van der Waals surface area contributed by atoms with Crippen LogP contribution in [0.15, 0.2) is 23.7 Å². The van der Waals surface area contributed by atoms with Crippen molar-refractivity contribution in [2.45, 2.75) is 0 Å². The lowest BCUT2D eigenvalue weighted by Crippen LogP contribution is -2.16. The van der Waals surface area contributed by atoms with Gasteiger partial charge >= 0.3 is 5.97 Å². The summed E-state index contributed by atoms with van der Waals surface area (Å²) in [6, 6.07) is 2.96. The van der Waals surface area contributed by atoms with Crippen molar-refractivity contribution in [1.29, 1.82) is 0 Å². The molecule has 104 valence electrons. The lowest BCUT2D eigenvalue weighted by molar-refractivity contribution is 0.0607. The third kappa shape index (κ3) is 2.89. The number of halogens is 1. The Morgan fingerprint density at radius 3 is 2.95 bits per heavy atom. The fourth-order valence-corrected chi connectivity index (χ4v) is 2.41. The Balaban J connectivity index is 2.26. The van der Waals surface area contributed by atoms with Crippen LogP contribution in [0.25, 0.3) is 0 Å². The van der Waals surface area contributed by atoms with E-state index in [9.17, 15) is 9.59 Å². The van der Waals surface area contributed by atoms with Gasteiger partial charge in [0, 0.05) is 0 Å². The molecule has 8 heteroatoms. The summed E-state index contributed by atoms with van der Waals surface area (Å²) in [5.74, 6) is -0.994. The first kappa shape index (κ1) is 14.3. The summed E-state index contributed by atoms with van der Waals surface area (Å²) in [4.78, 5) is 27.7. The first-order valence-corrected chi connectivity index (χ1v) is 6.67. The highest BCUT2D eigenvalue weighted by Crippen LogP contribution is 2.24. The molecule has 2 aromatic heterocycles. The van der Waals surface area contributed by atoms with E-state index in [1.165, 1.54) is 30.7 Å². The van der Waals surface area contributed by atoms with Gasteiger partial charge in [-0.1, -0.05) is 11.6 Å². The average molecular weight is 312 g/mol. The van der Waals surface area contributed by atoms with Gasteiger partial charge in [0.25, 0.3) is 5.91 Å². The topological polar surface area (TPSA) is 94.3 Å². The molecule has 0 atom stereocenters. The smallest absolute Gasteiger partial charge is 0.350 e. The van der Waals surface area contributed by atoms with E-state index in [1.807, 2.05) is 0 Å². The predicted molar refractivity (Wildman–Crippen MR) is 77.3 cm³/mol. The number of hydrogen-bond acceptors (Lipinski definition) is 6. The number of nitrogen functional groups attached to an aromatic ring is 1. The molecule has 0 radical (unpaired) electrons. The third-order valence-electron chi connectivity index (χ3n) is 2.43. The van der Waals surface area contributed by atoms with Crippen LogP contribution in [-0.4, -0.2) is 24.0 Å². The van der Waals surface area contributed by atoms with Crippen molar-refractivity contribution in [3.05, 3.63) is 39.3 Å². The van der Waals surface area contributed by atoms with Crippen molar-refractivity contribution >= 4 is 46.2 Å². The Hall–Kier alpha value is -2.12. The number of ether oxygens (including phenoxy) is 1. The van der Waals surface area contributed by atoms with Crippen molar-refractivity contribution in [3.63, 3.8) is 0 Å². The summed E-state index contributed by atoms with van der Waals surface area (Å²) in [5.41, 5.74) is 6.42. The number of esters is 1. The molecular weight excluding hydrogens is 302 g/mol. The second-order valence-electron chi connectivity index (χ2n) is 3.70. The van der Waals surface area contributed by atoms with E-state index < -0.39 is 11.9 Å². The molecule has 6 nitrogen and oxygen atoms in total. The normalized spacial score (nSPS) is 10.1. The predicted octanol–water partition coefficient (Wildman–Crippen LogP) is 2.42. The minimum Gasteiger partial charge on any atom is -0.465 e. The molecular formula is C12H10ClN3O3S. The maximum Gasteiger partial charge on any atom is 0.350 e. The highest BCUT2D eigenvalue weighted by Gasteiger charge is 2.17. The second-order valence-corrected chi connectivity index (χ2v) is 5.01. The van der Waals surface area contributed by atoms with Crippen molar-refractivity contribution < 1.29 is 14.3 Å². The molecule has 1 amide bonds. The van der Waals surface area contributed by atoms with Crippen LogP contribution in [-0.2, 0) is 4.74 Å². The van der Waals surface area contributed by atoms with Crippen LogP contribution in [0.2, 0.25) is 5.15 Å². The zero-order valence-electron chi connectivity index (χ0n) is 10.3. The number of amides is 1. The number of aromatic nitrogens is 1. The lowest BCUT2D eigenvalue weighted by atomic mass is 10.2. The van der Waals surface area contributed by atoms with Crippen molar-refractivity contribution in [2.75, 3.05) is 18.2 Å². The number of nitrogens with one attached hydrogen (secondary N) is 1. The Bertz CT molecular complexity index is 672. The molecule has 3 N–H and O–H groups in total. The van der Waals surface area contributed by atoms with E-state index in [4.69, 9.17) is 17.3 Å². The average Bonchev–Trinajstić information content (AvgIpc) is 2.88. The highest BCUT2D eigenvalue weighted by molar-refractivity contribution is 7.12. The van der Waals surface area contributed by atoms with Gasteiger partial charge in [-0.05, 0) is 17.5 Å². The van der Waals surface area contributed by atoms with Crippen molar-refractivity contribution in [1.82, 2.24) is 4.98 Å². The molecule has 2 heterocycles. The fourth-order valence-electron chi connectivity index (χ4n) is 1.49.